The molecule has 0 bridgehead atoms. The summed E-state index contributed by atoms with van der Waals surface area (Å²) in [7, 11) is 1.80. The Hall–Kier alpha value is -3.65. The van der Waals surface area contributed by atoms with Crippen LogP contribution in [0.1, 0.15) is 17.1 Å². The van der Waals surface area contributed by atoms with Crippen molar-refractivity contribution in [3.05, 3.63) is 74.6 Å². The number of aromatic nitrogens is 2. The van der Waals surface area contributed by atoms with Gasteiger partial charge in [0.2, 0.25) is 5.43 Å². The van der Waals surface area contributed by atoms with Crippen LogP contribution in [0, 0.1) is 26.6 Å². The van der Waals surface area contributed by atoms with E-state index in [0.717, 1.165) is 5.69 Å². The molecule has 1 amide bonds. The summed E-state index contributed by atoms with van der Waals surface area (Å²) in [6, 6.07) is 8.80. The third kappa shape index (κ3) is 4.21. The molecule has 0 saturated carbocycles. The lowest BCUT2D eigenvalue weighted by Crippen LogP contribution is -2.21. The summed E-state index contributed by atoms with van der Waals surface area (Å²) in [6.07, 6.45) is 0. The first-order chi connectivity index (χ1) is 15.7. The first-order valence-corrected chi connectivity index (χ1v) is 10.5. The number of hydrogen-bond acceptors (Lipinski definition) is 5. The normalized spacial score (nSPS) is 11.1. The van der Waals surface area contributed by atoms with E-state index in [0.29, 0.717) is 17.1 Å². The number of nitrogens with zero attached hydrogens (tertiary/aromatic N) is 2. The maximum atomic E-state index is 14.4. The van der Waals surface area contributed by atoms with Gasteiger partial charge in [-0.25, -0.2) is 4.39 Å². The molecule has 0 radical (unpaired) electrons. The van der Waals surface area contributed by atoms with Crippen LogP contribution in [0.2, 0.25) is 5.02 Å². The lowest BCUT2D eigenvalue weighted by atomic mass is 10.0. The first kappa shape index (κ1) is 22.5. The fourth-order valence-corrected chi connectivity index (χ4v) is 3.94. The fraction of sp³-hybridized carbons (Fsp3) is 0.208. The lowest BCUT2D eigenvalue weighted by Gasteiger charge is -2.11. The van der Waals surface area contributed by atoms with Gasteiger partial charge in [-0.2, -0.15) is 5.10 Å². The number of nitrogens with one attached hydrogen (secondary N) is 1. The summed E-state index contributed by atoms with van der Waals surface area (Å²) in [5, 5.41) is 7.42. The summed E-state index contributed by atoms with van der Waals surface area (Å²) < 4.78 is 27.5. The third-order valence-electron chi connectivity index (χ3n) is 5.40. The van der Waals surface area contributed by atoms with E-state index in [9.17, 15) is 14.0 Å². The predicted octanol–water partition coefficient (Wildman–Crippen LogP) is 4.93. The van der Waals surface area contributed by atoms with Gasteiger partial charge in [0.1, 0.15) is 22.9 Å². The smallest absolute Gasteiger partial charge is 0.262 e. The first-order valence-electron chi connectivity index (χ1n) is 10.1. The number of anilines is 1. The molecular weight excluding hydrogens is 449 g/mol. The van der Waals surface area contributed by atoms with Crippen LogP contribution in [0.3, 0.4) is 0 Å². The lowest BCUT2D eigenvalue weighted by molar-refractivity contribution is -0.118. The number of fused-ring (bicyclic) bond motifs is 1. The van der Waals surface area contributed by atoms with Crippen molar-refractivity contribution in [3.63, 3.8) is 0 Å². The minimum atomic E-state index is -0.609. The van der Waals surface area contributed by atoms with Crippen LogP contribution >= 0.6 is 11.6 Å². The molecule has 170 valence electrons. The molecule has 33 heavy (non-hydrogen) atoms. The molecule has 4 aromatic rings. The number of carbonyl (C=O) groups is 1. The van der Waals surface area contributed by atoms with E-state index in [-0.39, 0.29) is 45.4 Å². The van der Waals surface area contributed by atoms with Gasteiger partial charge in [0.15, 0.2) is 6.61 Å². The molecule has 0 fully saturated rings. The monoisotopic (exact) mass is 469 g/mol. The van der Waals surface area contributed by atoms with E-state index in [1.54, 1.807) is 31.6 Å². The van der Waals surface area contributed by atoms with E-state index in [1.165, 1.54) is 30.3 Å². The highest BCUT2D eigenvalue weighted by molar-refractivity contribution is 6.33. The van der Waals surface area contributed by atoms with Crippen molar-refractivity contribution in [1.29, 1.82) is 0 Å². The molecule has 9 heteroatoms. The zero-order valence-electron chi connectivity index (χ0n) is 18.5. The summed E-state index contributed by atoms with van der Waals surface area (Å²) in [5.74, 6) is -0.396. The third-order valence-corrected chi connectivity index (χ3v) is 5.71. The Bertz CT molecular complexity index is 1440. The van der Waals surface area contributed by atoms with Crippen LogP contribution in [0.5, 0.6) is 5.75 Å². The highest BCUT2D eigenvalue weighted by Crippen LogP contribution is 2.32. The quantitative estimate of drug-likeness (QED) is 0.448. The molecular formula is C24H21ClFN3O4. The van der Waals surface area contributed by atoms with Crippen molar-refractivity contribution < 1.29 is 18.3 Å². The minimum absolute atomic E-state index is 0.00491. The van der Waals surface area contributed by atoms with Crippen LogP contribution in [-0.2, 0) is 11.8 Å². The van der Waals surface area contributed by atoms with Gasteiger partial charge in [0, 0.05) is 18.7 Å². The second kappa shape index (κ2) is 8.71. The summed E-state index contributed by atoms with van der Waals surface area (Å²) in [4.78, 5) is 25.4. The molecule has 4 rings (SSSR count). The van der Waals surface area contributed by atoms with Crippen LogP contribution in [-0.4, -0.2) is 22.3 Å². The number of amides is 1. The Morgan fingerprint density at radius 3 is 2.64 bits per heavy atom. The topological polar surface area (TPSA) is 86.4 Å². The van der Waals surface area contributed by atoms with Gasteiger partial charge in [0.25, 0.3) is 5.91 Å². The molecule has 0 saturated heterocycles. The number of halogens is 2. The Balaban J connectivity index is 1.59. The van der Waals surface area contributed by atoms with Crippen molar-refractivity contribution in [1.82, 2.24) is 9.78 Å². The molecule has 2 aromatic heterocycles. The van der Waals surface area contributed by atoms with E-state index in [2.05, 4.69) is 10.4 Å². The number of ether oxygens (including phenoxy) is 1. The van der Waals surface area contributed by atoms with Gasteiger partial charge >= 0.3 is 0 Å². The highest BCUT2D eigenvalue weighted by Gasteiger charge is 2.20. The summed E-state index contributed by atoms with van der Waals surface area (Å²) in [5.41, 5.74) is 2.10. The van der Waals surface area contributed by atoms with Gasteiger partial charge in [-0.1, -0.05) is 17.7 Å². The molecule has 7 nitrogen and oxygen atoms in total. The maximum absolute atomic E-state index is 14.4. The van der Waals surface area contributed by atoms with Crippen molar-refractivity contribution >= 4 is 34.2 Å². The largest absolute Gasteiger partial charge is 0.484 e. The number of carbonyl (C=O) groups excluding carboxylic acids is 1. The molecule has 2 aromatic carbocycles. The summed E-state index contributed by atoms with van der Waals surface area (Å²) >= 11 is 6.15. The molecule has 0 spiro atoms. The van der Waals surface area contributed by atoms with Crippen LogP contribution < -0.4 is 15.5 Å². The molecule has 0 atom stereocenters. The molecule has 2 heterocycles. The number of hydrogen-bond donors (Lipinski definition) is 1. The zero-order chi connectivity index (χ0) is 23.9. The van der Waals surface area contributed by atoms with E-state index in [4.69, 9.17) is 20.8 Å². The van der Waals surface area contributed by atoms with Crippen LogP contribution in [0.4, 0.5) is 10.1 Å². The molecule has 0 aliphatic carbocycles. The molecule has 1 N–H and O–H groups in total. The van der Waals surface area contributed by atoms with Crippen LogP contribution in [0.25, 0.3) is 22.1 Å². The number of aryl methyl sites for hydroxylation is 3. The zero-order valence-corrected chi connectivity index (χ0v) is 19.2. The van der Waals surface area contributed by atoms with Gasteiger partial charge in [-0.05, 0) is 45.0 Å². The van der Waals surface area contributed by atoms with Crippen molar-refractivity contribution in [2.24, 2.45) is 7.05 Å². The van der Waals surface area contributed by atoms with E-state index < -0.39 is 11.2 Å². The Kier molecular flexibility index (Phi) is 5.95. The number of rotatable bonds is 5. The second-order valence-corrected chi connectivity index (χ2v) is 8.03. The number of benzene rings is 2. The van der Waals surface area contributed by atoms with E-state index in [1.807, 2.05) is 6.92 Å². The SMILES string of the molecule is Cc1nn(C)c(C)c1NC(=O)COc1ccc2c(=O)c(-c3c(F)cccc3Cl)c(C)oc2c1. The predicted molar refractivity (Wildman–Crippen MR) is 124 cm³/mol. The standard InChI is InChI=1S/C24H21ClFN3O4/c1-12-23(13(2)29(4)28-12)27-20(30)11-32-15-8-9-16-19(10-15)33-14(3)21(24(16)31)22-17(25)6-5-7-18(22)26/h5-10H,11H2,1-4H3,(H,27,30). The van der Waals surface area contributed by atoms with Crippen molar-refractivity contribution in [2.45, 2.75) is 20.8 Å². The summed E-state index contributed by atoms with van der Waals surface area (Å²) in [6.45, 7) is 4.98. The Morgan fingerprint density at radius 2 is 1.97 bits per heavy atom. The van der Waals surface area contributed by atoms with Gasteiger partial charge in [-0.3, -0.25) is 14.3 Å². The van der Waals surface area contributed by atoms with E-state index >= 15 is 0 Å². The second-order valence-electron chi connectivity index (χ2n) is 7.62. The maximum Gasteiger partial charge on any atom is 0.262 e. The van der Waals surface area contributed by atoms with Crippen molar-refractivity contribution in [3.8, 4) is 16.9 Å². The minimum Gasteiger partial charge on any atom is -0.484 e. The van der Waals surface area contributed by atoms with Crippen LogP contribution in [0.15, 0.2) is 45.6 Å². The highest BCUT2D eigenvalue weighted by atomic mass is 35.5. The van der Waals surface area contributed by atoms with Gasteiger partial charge in [-0.15, -0.1) is 0 Å². The Labute approximate surface area is 193 Å². The average molecular weight is 470 g/mol. The van der Waals surface area contributed by atoms with Gasteiger partial charge < -0.3 is 14.5 Å². The molecule has 0 aliphatic heterocycles. The van der Waals surface area contributed by atoms with Crippen molar-refractivity contribution in [2.75, 3.05) is 11.9 Å². The fourth-order valence-electron chi connectivity index (χ4n) is 3.68. The molecule has 0 aliphatic rings. The van der Waals surface area contributed by atoms with Gasteiger partial charge in [0.05, 0.1) is 33.0 Å². The average Bonchev–Trinajstić information content (AvgIpc) is 3.00. The Morgan fingerprint density at radius 1 is 1.21 bits per heavy atom. The molecule has 0 unspecified atom stereocenters.